The van der Waals surface area contributed by atoms with Crippen LogP contribution in [0.15, 0.2) is 152 Å². The molecule has 0 bridgehead atoms. The standard InChI is InChI=1S/C40H26N2/c1-3-11-27(12-4-1)42(28-13-5-2-6-14-28)29-20-21-32-36(24-29)31-16-8-7-15-30(31)35-23-26-19-22-39-40(34(26)25-37(32)35)33-17-9-10-18-38(33)41-39/h1-25,41H. The molecule has 1 aromatic heterocycles. The molecule has 1 N–H and O–H groups in total. The Bertz CT molecular complexity index is 2420. The molecule has 0 aliphatic carbocycles. The fraction of sp³-hybridized carbons (Fsp3) is 0. The van der Waals surface area contributed by atoms with Gasteiger partial charge in [-0.1, -0.05) is 91.0 Å². The van der Waals surface area contributed by atoms with E-state index < -0.39 is 0 Å². The molecule has 0 unspecified atom stereocenters. The van der Waals surface area contributed by atoms with Crippen LogP contribution in [0.2, 0.25) is 0 Å². The Kier molecular flexibility index (Phi) is 4.93. The lowest BCUT2D eigenvalue weighted by Gasteiger charge is -2.26. The van der Waals surface area contributed by atoms with Gasteiger partial charge in [-0.3, -0.25) is 0 Å². The molecule has 42 heavy (non-hydrogen) atoms. The lowest BCUT2D eigenvalue weighted by atomic mass is 9.91. The highest BCUT2D eigenvalue weighted by Crippen LogP contribution is 2.43. The minimum absolute atomic E-state index is 1.14. The number of anilines is 3. The van der Waals surface area contributed by atoms with E-state index in [4.69, 9.17) is 0 Å². The van der Waals surface area contributed by atoms with Crippen molar-refractivity contribution in [1.29, 1.82) is 0 Å². The zero-order valence-electron chi connectivity index (χ0n) is 22.9. The van der Waals surface area contributed by atoms with Gasteiger partial charge in [0.25, 0.3) is 0 Å². The molecule has 9 aromatic rings. The Morgan fingerprint density at radius 3 is 1.62 bits per heavy atom. The van der Waals surface area contributed by atoms with Gasteiger partial charge in [-0.2, -0.15) is 0 Å². The minimum atomic E-state index is 1.14. The van der Waals surface area contributed by atoms with Crippen LogP contribution in [-0.2, 0) is 0 Å². The Morgan fingerprint density at radius 2 is 0.905 bits per heavy atom. The molecule has 1 heterocycles. The average Bonchev–Trinajstić information content (AvgIpc) is 3.45. The quantitative estimate of drug-likeness (QED) is 0.176. The maximum Gasteiger partial charge on any atom is 0.0471 e. The fourth-order valence-electron chi connectivity index (χ4n) is 6.85. The topological polar surface area (TPSA) is 19.0 Å². The third kappa shape index (κ3) is 3.39. The molecule has 2 heteroatoms. The summed E-state index contributed by atoms with van der Waals surface area (Å²) in [5.41, 5.74) is 5.78. The summed E-state index contributed by atoms with van der Waals surface area (Å²) < 4.78 is 0. The molecule has 0 saturated heterocycles. The highest BCUT2D eigenvalue weighted by Gasteiger charge is 2.16. The number of rotatable bonds is 3. The number of hydrogen-bond acceptors (Lipinski definition) is 1. The zero-order chi connectivity index (χ0) is 27.6. The molecule has 0 saturated carbocycles. The maximum atomic E-state index is 3.63. The monoisotopic (exact) mass is 534 g/mol. The van der Waals surface area contributed by atoms with Crippen molar-refractivity contribution in [3.63, 3.8) is 0 Å². The normalized spacial score (nSPS) is 11.8. The lowest BCUT2D eigenvalue weighted by molar-refractivity contribution is 1.29. The average molecular weight is 535 g/mol. The van der Waals surface area contributed by atoms with E-state index in [0.717, 1.165) is 17.1 Å². The summed E-state index contributed by atoms with van der Waals surface area (Å²) in [5.74, 6) is 0. The van der Waals surface area contributed by atoms with Gasteiger partial charge in [0.05, 0.1) is 0 Å². The predicted octanol–water partition coefficient (Wildman–Crippen LogP) is 11.4. The number of aromatic nitrogens is 1. The molecule has 9 rings (SSSR count). The molecule has 0 fully saturated rings. The van der Waals surface area contributed by atoms with Gasteiger partial charge in [-0.05, 0) is 104 Å². The number of benzene rings is 8. The number of aromatic amines is 1. The van der Waals surface area contributed by atoms with Crippen LogP contribution in [-0.4, -0.2) is 4.98 Å². The van der Waals surface area contributed by atoms with Gasteiger partial charge in [0, 0.05) is 38.9 Å². The molecular formula is C40H26N2. The molecule has 0 spiro atoms. The first-order valence-corrected chi connectivity index (χ1v) is 14.5. The predicted molar refractivity (Wildman–Crippen MR) is 181 cm³/mol. The van der Waals surface area contributed by atoms with Crippen LogP contribution < -0.4 is 4.90 Å². The first-order chi connectivity index (χ1) is 20.8. The van der Waals surface area contributed by atoms with Crippen LogP contribution in [0.25, 0.3) is 64.9 Å². The Balaban J connectivity index is 1.39. The van der Waals surface area contributed by atoms with E-state index in [1.807, 2.05) is 0 Å². The summed E-state index contributed by atoms with van der Waals surface area (Å²) in [7, 11) is 0. The highest BCUT2D eigenvalue weighted by atomic mass is 15.1. The molecule has 196 valence electrons. The summed E-state index contributed by atoms with van der Waals surface area (Å²) >= 11 is 0. The third-order valence-electron chi connectivity index (χ3n) is 8.71. The van der Waals surface area contributed by atoms with Crippen LogP contribution in [0.5, 0.6) is 0 Å². The number of H-pyrrole nitrogens is 1. The summed E-state index contributed by atoms with van der Waals surface area (Å²) in [6.45, 7) is 0. The summed E-state index contributed by atoms with van der Waals surface area (Å²) in [6.07, 6.45) is 0. The Labute approximate surface area is 243 Å². The van der Waals surface area contributed by atoms with Crippen molar-refractivity contribution < 1.29 is 0 Å². The second kappa shape index (κ2) is 8.95. The smallest absolute Gasteiger partial charge is 0.0471 e. The van der Waals surface area contributed by atoms with Crippen molar-refractivity contribution in [3.8, 4) is 0 Å². The Morgan fingerprint density at radius 1 is 0.333 bits per heavy atom. The molecule has 0 amide bonds. The van der Waals surface area contributed by atoms with Gasteiger partial charge in [0.15, 0.2) is 0 Å². The van der Waals surface area contributed by atoms with Crippen molar-refractivity contribution in [3.05, 3.63) is 152 Å². The lowest BCUT2D eigenvalue weighted by Crippen LogP contribution is -2.09. The van der Waals surface area contributed by atoms with Crippen LogP contribution >= 0.6 is 0 Å². The van der Waals surface area contributed by atoms with E-state index in [1.54, 1.807) is 0 Å². The van der Waals surface area contributed by atoms with E-state index >= 15 is 0 Å². The van der Waals surface area contributed by atoms with Gasteiger partial charge in [-0.25, -0.2) is 0 Å². The van der Waals surface area contributed by atoms with E-state index in [1.165, 1.54) is 64.9 Å². The van der Waals surface area contributed by atoms with E-state index in [9.17, 15) is 0 Å². The number of para-hydroxylation sites is 3. The van der Waals surface area contributed by atoms with Crippen LogP contribution in [0.3, 0.4) is 0 Å². The molecule has 0 aliphatic heterocycles. The van der Waals surface area contributed by atoms with Crippen molar-refractivity contribution in [2.75, 3.05) is 4.90 Å². The number of nitrogens with one attached hydrogen (secondary N) is 1. The first kappa shape index (κ1) is 23.1. The Hall–Kier alpha value is -5.60. The third-order valence-corrected chi connectivity index (χ3v) is 8.71. The zero-order valence-corrected chi connectivity index (χ0v) is 22.9. The van der Waals surface area contributed by atoms with Crippen LogP contribution in [0.4, 0.5) is 17.1 Å². The van der Waals surface area contributed by atoms with E-state index in [0.29, 0.717) is 0 Å². The SMILES string of the molecule is c1ccc(N(c2ccccc2)c2ccc3c(c2)c2ccccc2c2cc4ccc5[nH]c6ccccc6c5c4cc32)cc1. The molecule has 2 nitrogen and oxygen atoms in total. The first-order valence-electron chi connectivity index (χ1n) is 14.5. The van der Waals surface area contributed by atoms with Gasteiger partial charge in [0.1, 0.15) is 0 Å². The number of nitrogens with zero attached hydrogens (tertiary/aromatic N) is 1. The molecule has 8 aromatic carbocycles. The second-order valence-corrected chi connectivity index (χ2v) is 11.1. The van der Waals surface area contributed by atoms with Gasteiger partial charge in [0.2, 0.25) is 0 Å². The summed E-state index contributed by atoms with van der Waals surface area (Å²) in [6, 6.07) is 55.0. The largest absolute Gasteiger partial charge is 0.354 e. The molecule has 0 radical (unpaired) electrons. The summed E-state index contributed by atoms with van der Waals surface area (Å²) in [4.78, 5) is 5.97. The van der Waals surface area contributed by atoms with Gasteiger partial charge >= 0.3 is 0 Å². The van der Waals surface area contributed by atoms with Crippen LogP contribution in [0, 0.1) is 0 Å². The minimum Gasteiger partial charge on any atom is -0.354 e. The van der Waals surface area contributed by atoms with Crippen molar-refractivity contribution in [1.82, 2.24) is 4.98 Å². The molecule has 0 atom stereocenters. The van der Waals surface area contributed by atoms with Crippen molar-refractivity contribution in [2.24, 2.45) is 0 Å². The fourth-order valence-corrected chi connectivity index (χ4v) is 6.85. The number of hydrogen-bond donors (Lipinski definition) is 1. The van der Waals surface area contributed by atoms with E-state index in [2.05, 4.69) is 162 Å². The van der Waals surface area contributed by atoms with Crippen molar-refractivity contribution >= 4 is 82.0 Å². The number of fused-ring (bicyclic) bond motifs is 11. The van der Waals surface area contributed by atoms with Gasteiger partial charge in [-0.15, -0.1) is 0 Å². The van der Waals surface area contributed by atoms with E-state index in [-0.39, 0.29) is 0 Å². The highest BCUT2D eigenvalue weighted by molar-refractivity contribution is 6.30. The molecule has 0 aliphatic rings. The summed E-state index contributed by atoms with van der Waals surface area (Å²) in [5, 5.41) is 12.8. The molecular weight excluding hydrogens is 508 g/mol. The van der Waals surface area contributed by atoms with Gasteiger partial charge < -0.3 is 9.88 Å². The maximum absolute atomic E-state index is 3.63. The van der Waals surface area contributed by atoms with Crippen LogP contribution in [0.1, 0.15) is 0 Å². The van der Waals surface area contributed by atoms with Crippen molar-refractivity contribution in [2.45, 2.75) is 0 Å². The second-order valence-electron chi connectivity index (χ2n) is 11.1.